The van der Waals surface area contributed by atoms with Crippen molar-refractivity contribution in [3.8, 4) is 0 Å². The Labute approximate surface area is 120 Å². The molecule has 0 aliphatic rings. The molecule has 0 spiro atoms. The molecule has 0 saturated carbocycles. The minimum absolute atomic E-state index is 0.199. The molecule has 1 atom stereocenters. The first-order valence-corrected chi connectivity index (χ1v) is 6.43. The zero-order valence-electron chi connectivity index (χ0n) is 11.8. The lowest BCUT2D eigenvalue weighted by atomic mass is 9.99. The molecule has 3 N–H and O–H groups in total. The van der Waals surface area contributed by atoms with Gasteiger partial charge in [-0.05, 0) is 31.0 Å². The van der Waals surface area contributed by atoms with Gasteiger partial charge in [0.1, 0.15) is 0 Å². The van der Waals surface area contributed by atoms with Gasteiger partial charge in [0.25, 0.3) is 0 Å². The minimum atomic E-state index is -4.32. The molecule has 21 heavy (non-hydrogen) atoms. The van der Waals surface area contributed by atoms with Gasteiger partial charge in [0.2, 0.25) is 0 Å². The number of aromatic nitrogens is 2. The van der Waals surface area contributed by atoms with E-state index in [9.17, 15) is 13.2 Å². The van der Waals surface area contributed by atoms with Crippen LogP contribution < -0.4 is 11.3 Å². The molecule has 0 bridgehead atoms. The van der Waals surface area contributed by atoms with Crippen LogP contribution >= 0.6 is 0 Å². The van der Waals surface area contributed by atoms with Gasteiger partial charge in [-0.3, -0.25) is 16.0 Å². The first-order chi connectivity index (χ1) is 9.82. The fourth-order valence-corrected chi connectivity index (χ4v) is 2.18. The van der Waals surface area contributed by atoms with E-state index in [0.29, 0.717) is 6.42 Å². The highest BCUT2D eigenvalue weighted by Gasteiger charge is 2.30. The minimum Gasteiger partial charge on any atom is -0.273 e. The molecular weight excluding hydrogens is 281 g/mol. The van der Waals surface area contributed by atoms with Gasteiger partial charge in [0.05, 0.1) is 17.8 Å². The number of nitrogens with two attached hydrogens (primary N) is 1. The summed E-state index contributed by atoms with van der Waals surface area (Å²) in [4.78, 5) is 0. The second-order valence-electron chi connectivity index (χ2n) is 4.93. The summed E-state index contributed by atoms with van der Waals surface area (Å²) >= 11 is 0. The Morgan fingerprint density at radius 2 is 1.90 bits per heavy atom. The standard InChI is InChI=1S/C14H17F3N4/c1-9-12(8-19-21(9)2)13(20-18)7-10-3-5-11(6-4-10)14(15,16)17/h3-6,8,13,20H,7,18H2,1-2H3. The monoisotopic (exact) mass is 298 g/mol. The van der Waals surface area contributed by atoms with Crippen LogP contribution in [-0.4, -0.2) is 9.78 Å². The number of rotatable bonds is 4. The number of nitrogens with zero attached hydrogens (tertiary/aromatic N) is 2. The quantitative estimate of drug-likeness (QED) is 0.673. The maximum atomic E-state index is 12.5. The van der Waals surface area contributed by atoms with Crippen LogP contribution in [0.25, 0.3) is 0 Å². The van der Waals surface area contributed by atoms with E-state index in [1.807, 2.05) is 14.0 Å². The summed E-state index contributed by atoms with van der Waals surface area (Å²) < 4.78 is 39.3. The maximum Gasteiger partial charge on any atom is 0.416 e. The van der Waals surface area contributed by atoms with Crippen LogP contribution in [0.5, 0.6) is 0 Å². The van der Waals surface area contributed by atoms with Gasteiger partial charge >= 0.3 is 6.18 Å². The van der Waals surface area contributed by atoms with E-state index in [1.165, 1.54) is 12.1 Å². The summed E-state index contributed by atoms with van der Waals surface area (Å²) in [7, 11) is 1.82. The summed E-state index contributed by atoms with van der Waals surface area (Å²) in [5, 5.41) is 4.15. The van der Waals surface area contributed by atoms with Gasteiger partial charge in [-0.2, -0.15) is 18.3 Å². The van der Waals surface area contributed by atoms with Crippen molar-refractivity contribution in [2.45, 2.75) is 25.6 Å². The molecule has 0 saturated heterocycles. The third-order valence-electron chi connectivity index (χ3n) is 3.57. The van der Waals surface area contributed by atoms with E-state index in [1.54, 1.807) is 10.9 Å². The van der Waals surface area contributed by atoms with Crippen molar-refractivity contribution in [1.82, 2.24) is 15.2 Å². The first-order valence-electron chi connectivity index (χ1n) is 6.43. The molecule has 114 valence electrons. The van der Waals surface area contributed by atoms with Crippen molar-refractivity contribution in [1.29, 1.82) is 0 Å². The second-order valence-corrected chi connectivity index (χ2v) is 4.93. The summed E-state index contributed by atoms with van der Waals surface area (Å²) in [5.74, 6) is 5.56. The molecule has 0 fully saturated rings. The van der Waals surface area contributed by atoms with E-state index in [-0.39, 0.29) is 6.04 Å². The van der Waals surface area contributed by atoms with Crippen LogP contribution in [0.4, 0.5) is 13.2 Å². The average molecular weight is 298 g/mol. The van der Waals surface area contributed by atoms with Crippen molar-refractivity contribution in [2.24, 2.45) is 12.9 Å². The second kappa shape index (κ2) is 5.87. The average Bonchev–Trinajstić information content (AvgIpc) is 2.76. The van der Waals surface area contributed by atoms with Crippen molar-refractivity contribution < 1.29 is 13.2 Å². The van der Waals surface area contributed by atoms with Crippen LogP contribution in [0.15, 0.2) is 30.5 Å². The van der Waals surface area contributed by atoms with Gasteiger partial charge in [0.15, 0.2) is 0 Å². The molecule has 0 radical (unpaired) electrons. The van der Waals surface area contributed by atoms with E-state index in [2.05, 4.69) is 10.5 Å². The highest BCUT2D eigenvalue weighted by Crippen LogP contribution is 2.29. The number of hydrazine groups is 1. The Balaban J connectivity index is 2.18. The fraction of sp³-hybridized carbons (Fsp3) is 0.357. The Morgan fingerprint density at radius 3 is 2.33 bits per heavy atom. The predicted octanol–water partition coefficient (Wildman–Crippen LogP) is 2.49. The number of nitrogens with one attached hydrogen (secondary N) is 1. The summed E-state index contributed by atoms with van der Waals surface area (Å²) in [6, 6.07) is 4.91. The number of aryl methyl sites for hydroxylation is 1. The van der Waals surface area contributed by atoms with Crippen molar-refractivity contribution >= 4 is 0 Å². The van der Waals surface area contributed by atoms with E-state index < -0.39 is 11.7 Å². The highest BCUT2D eigenvalue weighted by atomic mass is 19.4. The number of benzene rings is 1. The Kier molecular flexibility index (Phi) is 4.34. The van der Waals surface area contributed by atoms with Crippen LogP contribution in [0.2, 0.25) is 0 Å². The van der Waals surface area contributed by atoms with Gasteiger partial charge in [-0.1, -0.05) is 12.1 Å². The first kappa shape index (κ1) is 15.5. The molecule has 0 aliphatic heterocycles. The number of hydrogen-bond donors (Lipinski definition) is 2. The fourth-order valence-electron chi connectivity index (χ4n) is 2.18. The molecule has 2 rings (SSSR count). The lowest BCUT2D eigenvalue weighted by Gasteiger charge is -2.16. The molecule has 1 aromatic carbocycles. The van der Waals surface area contributed by atoms with Gasteiger partial charge in [-0.25, -0.2) is 0 Å². The van der Waals surface area contributed by atoms with Gasteiger partial charge < -0.3 is 0 Å². The predicted molar refractivity (Wildman–Crippen MR) is 73.2 cm³/mol. The molecule has 1 heterocycles. The van der Waals surface area contributed by atoms with E-state index in [0.717, 1.165) is 29.0 Å². The third-order valence-corrected chi connectivity index (χ3v) is 3.57. The number of alkyl halides is 3. The molecule has 7 heteroatoms. The third kappa shape index (κ3) is 3.43. The highest BCUT2D eigenvalue weighted by molar-refractivity contribution is 5.28. The molecule has 1 aromatic heterocycles. The largest absolute Gasteiger partial charge is 0.416 e. The summed E-state index contributed by atoms with van der Waals surface area (Å²) in [6.45, 7) is 1.92. The van der Waals surface area contributed by atoms with Crippen molar-refractivity contribution in [3.63, 3.8) is 0 Å². The van der Waals surface area contributed by atoms with Crippen LogP contribution in [0.3, 0.4) is 0 Å². The Morgan fingerprint density at radius 1 is 1.29 bits per heavy atom. The van der Waals surface area contributed by atoms with Crippen LogP contribution in [0, 0.1) is 6.92 Å². The van der Waals surface area contributed by atoms with Crippen molar-refractivity contribution in [3.05, 3.63) is 52.8 Å². The summed E-state index contributed by atoms with van der Waals surface area (Å²) in [5.41, 5.74) is 4.70. The van der Waals surface area contributed by atoms with Crippen LogP contribution in [-0.2, 0) is 19.6 Å². The molecule has 0 aliphatic carbocycles. The molecule has 2 aromatic rings. The smallest absolute Gasteiger partial charge is 0.273 e. The van der Waals surface area contributed by atoms with Crippen molar-refractivity contribution in [2.75, 3.05) is 0 Å². The number of hydrogen-bond acceptors (Lipinski definition) is 3. The van der Waals surface area contributed by atoms with Gasteiger partial charge in [0, 0.05) is 18.3 Å². The molecule has 1 unspecified atom stereocenters. The Bertz CT molecular complexity index is 602. The summed E-state index contributed by atoms with van der Waals surface area (Å²) in [6.07, 6.45) is -2.12. The normalized spacial score (nSPS) is 13.4. The SMILES string of the molecule is Cc1c(C(Cc2ccc(C(F)(F)F)cc2)NN)cnn1C. The molecule has 0 amide bonds. The maximum absolute atomic E-state index is 12.5. The van der Waals surface area contributed by atoms with E-state index in [4.69, 9.17) is 5.84 Å². The molecular formula is C14H17F3N4. The van der Waals surface area contributed by atoms with E-state index >= 15 is 0 Å². The lowest BCUT2D eigenvalue weighted by molar-refractivity contribution is -0.137. The zero-order chi connectivity index (χ0) is 15.6. The lowest BCUT2D eigenvalue weighted by Crippen LogP contribution is -2.30. The van der Waals surface area contributed by atoms with Gasteiger partial charge in [-0.15, -0.1) is 0 Å². The van der Waals surface area contributed by atoms with Crippen LogP contribution in [0.1, 0.15) is 28.4 Å². The zero-order valence-corrected chi connectivity index (χ0v) is 11.8. The Hall–Kier alpha value is -1.86. The topological polar surface area (TPSA) is 55.9 Å². The molecule has 4 nitrogen and oxygen atoms in total. The number of halogens is 3.